The second-order valence-electron chi connectivity index (χ2n) is 17.9. The number of Topliss-reactive ketones (excluding diaryl/α,β-unsaturated/α-hetero) is 2. The Morgan fingerprint density at radius 3 is 2.39 bits per heavy atom. The second kappa shape index (κ2) is 18.1. The fourth-order valence-corrected chi connectivity index (χ4v) is 9.59. The molecule has 3 N–H and O–H groups in total. The minimum absolute atomic E-state index is 0.0502. The van der Waals surface area contributed by atoms with Crippen molar-refractivity contribution in [3.8, 4) is 17.2 Å². The molecule has 11 nitrogen and oxygen atoms in total. The fourth-order valence-electron chi connectivity index (χ4n) is 9.59. The minimum Gasteiger partial charge on any atom is -0.507 e. The highest BCUT2D eigenvalue weighted by atomic mass is 16.7. The van der Waals surface area contributed by atoms with E-state index in [0.29, 0.717) is 47.9 Å². The lowest BCUT2D eigenvalue weighted by atomic mass is 9.80. The van der Waals surface area contributed by atoms with Gasteiger partial charge in [-0.15, -0.1) is 0 Å². The number of ketones is 2. The number of nitrogens with zero attached hydrogens (tertiary/aromatic N) is 1. The Kier molecular flexibility index (Phi) is 13.4. The van der Waals surface area contributed by atoms with Crippen LogP contribution in [0.2, 0.25) is 0 Å². The standard InChI is InChI=1S/C50H63NO10/c1-26-20-22-51-35(24-26)19-18-28(3)39-40-41-45(55)33(8)48-42(40)49(57)50(10,61-48)59-23-21-38(58-11)32(7)47(60-34(9)52)31(6)25-30(5)44(54)29(4)15-12-14-27(2)37(53)17-13-16-36(43(39)51)46(41)56/h12,14-15,19-24,28-32,38,44,47,54-56H,13,16-18,25H2,1-11H3. The van der Waals surface area contributed by atoms with Gasteiger partial charge in [-0.2, -0.15) is 0 Å². The maximum Gasteiger partial charge on any atom is 0.312 e. The van der Waals surface area contributed by atoms with E-state index < -0.39 is 35.9 Å². The molecule has 2 aromatic carbocycles. The summed E-state index contributed by atoms with van der Waals surface area (Å²) in [6.45, 7) is 18.2. The maximum absolute atomic E-state index is 14.9. The summed E-state index contributed by atoms with van der Waals surface area (Å²) in [4.78, 5) is 42.9. The molecule has 2 aromatic rings. The lowest BCUT2D eigenvalue weighted by molar-refractivity contribution is -0.155. The van der Waals surface area contributed by atoms with Crippen molar-refractivity contribution in [3.63, 3.8) is 0 Å². The molecule has 4 aliphatic rings. The van der Waals surface area contributed by atoms with Gasteiger partial charge in [-0.1, -0.05) is 58.9 Å². The number of esters is 1. The zero-order chi connectivity index (χ0) is 44.7. The predicted molar refractivity (Wildman–Crippen MR) is 237 cm³/mol. The Morgan fingerprint density at radius 1 is 0.984 bits per heavy atom. The van der Waals surface area contributed by atoms with Gasteiger partial charge in [-0.3, -0.25) is 14.4 Å². The number of benzene rings is 2. The Bertz CT molecular complexity index is 2280. The van der Waals surface area contributed by atoms with Crippen molar-refractivity contribution in [2.45, 2.75) is 131 Å². The number of aromatic hydroxyl groups is 2. The molecule has 328 valence electrons. The number of hydrogen-bond acceptors (Lipinski definition) is 11. The van der Waals surface area contributed by atoms with Crippen LogP contribution in [0.3, 0.4) is 0 Å². The van der Waals surface area contributed by atoms with Crippen molar-refractivity contribution in [1.82, 2.24) is 0 Å². The summed E-state index contributed by atoms with van der Waals surface area (Å²) in [7, 11) is 1.54. The average molecular weight is 838 g/mol. The number of fused-ring (bicyclic) bond motifs is 2. The van der Waals surface area contributed by atoms with Crippen molar-refractivity contribution < 1.29 is 48.7 Å². The van der Waals surface area contributed by atoms with Gasteiger partial charge < -0.3 is 39.2 Å². The van der Waals surface area contributed by atoms with E-state index in [4.69, 9.17) is 18.9 Å². The van der Waals surface area contributed by atoms with E-state index in [9.17, 15) is 29.7 Å². The van der Waals surface area contributed by atoms with E-state index in [1.807, 2.05) is 63.9 Å². The van der Waals surface area contributed by atoms with Crippen LogP contribution in [0.15, 0.2) is 71.8 Å². The van der Waals surface area contributed by atoms with E-state index in [0.717, 1.165) is 16.8 Å². The van der Waals surface area contributed by atoms with Crippen LogP contribution in [-0.2, 0) is 30.2 Å². The lowest BCUT2D eigenvalue weighted by Gasteiger charge is -2.34. The van der Waals surface area contributed by atoms with Crippen LogP contribution in [0, 0.1) is 30.6 Å². The largest absolute Gasteiger partial charge is 0.507 e. The van der Waals surface area contributed by atoms with E-state index in [1.165, 1.54) is 20.1 Å². The smallest absolute Gasteiger partial charge is 0.312 e. The number of allylic oxidation sites excluding steroid dienone is 7. The van der Waals surface area contributed by atoms with Gasteiger partial charge in [0.05, 0.1) is 35.1 Å². The van der Waals surface area contributed by atoms with E-state index in [1.54, 1.807) is 33.1 Å². The van der Waals surface area contributed by atoms with Gasteiger partial charge in [-0.05, 0) is 99.1 Å². The number of phenolic OH excluding ortho intramolecular Hbond substituents is 2. The van der Waals surface area contributed by atoms with Crippen molar-refractivity contribution in [1.29, 1.82) is 0 Å². The van der Waals surface area contributed by atoms with Gasteiger partial charge in [0.1, 0.15) is 23.4 Å². The summed E-state index contributed by atoms with van der Waals surface area (Å²) >= 11 is 0. The molecule has 0 fully saturated rings. The molecule has 0 saturated carbocycles. The second-order valence-corrected chi connectivity index (χ2v) is 17.9. The molecule has 0 radical (unpaired) electrons. The van der Waals surface area contributed by atoms with Crippen LogP contribution in [0.25, 0.3) is 10.8 Å². The summed E-state index contributed by atoms with van der Waals surface area (Å²) < 4.78 is 24.4. The molecule has 11 heteroatoms. The number of methoxy groups -OCH3 is 1. The first kappa shape index (κ1) is 45.4. The summed E-state index contributed by atoms with van der Waals surface area (Å²) in [6.07, 6.45) is 16.8. The summed E-state index contributed by atoms with van der Waals surface area (Å²) in [5, 5.41) is 36.3. The van der Waals surface area contributed by atoms with Crippen LogP contribution in [0.5, 0.6) is 17.2 Å². The zero-order valence-corrected chi connectivity index (χ0v) is 37.5. The van der Waals surface area contributed by atoms with Crippen LogP contribution in [0.1, 0.15) is 121 Å². The molecule has 0 amide bonds. The van der Waals surface area contributed by atoms with Gasteiger partial charge in [0, 0.05) is 67.6 Å². The third-order valence-electron chi connectivity index (χ3n) is 13.1. The minimum atomic E-state index is -1.86. The molecule has 6 rings (SSSR count). The van der Waals surface area contributed by atoms with Crippen LogP contribution in [-0.4, -0.2) is 64.1 Å². The third kappa shape index (κ3) is 8.69. The highest BCUT2D eigenvalue weighted by Crippen LogP contribution is 2.57. The molecule has 9 atom stereocenters. The number of rotatable bonds is 2. The summed E-state index contributed by atoms with van der Waals surface area (Å²) in [5.74, 6) is -4.16. The number of carbonyl (C=O) groups excluding carboxylic acids is 3. The average Bonchev–Trinajstić information content (AvgIpc) is 3.38. The number of carbonyl (C=O) groups is 3. The topological polar surface area (TPSA) is 152 Å². The molecule has 4 heterocycles. The molecule has 61 heavy (non-hydrogen) atoms. The van der Waals surface area contributed by atoms with E-state index >= 15 is 0 Å². The number of ether oxygens (including phenoxy) is 4. The SMILES string of the molecule is COC1C=COC2(C)Oc3c(C)c(O)c4c(O)c(c5c(c4c3C2=O)C(C)CC=C2C=C(C)C=CN25)CCCC(=O)C(C)=CC=CC(C)C(O)C(C)CC(C)C(OC(C)=O)C1C. The van der Waals surface area contributed by atoms with Crippen LogP contribution in [0.4, 0.5) is 5.69 Å². The van der Waals surface area contributed by atoms with Crippen LogP contribution >= 0.6 is 0 Å². The van der Waals surface area contributed by atoms with E-state index in [2.05, 4.69) is 19.1 Å². The Balaban J connectivity index is 1.53. The Hall–Kier alpha value is -5.13. The quantitative estimate of drug-likeness (QED) is 0.248. The normalized spacial score (nSPS) is 30.0. The molecule has 4 bridgehead atoms. The molecule has 0 spiro atoms. The number of aliphatic hydroxyl groups excluding tert-OH is 1. The molecular weight excluding hydrogens is 775 g/mol. The van der Waals surface area contributed by atoms with Crippen LogP contribution < -0.4 is 9.64 Å². The first-order valence-electron chi connectivity index (χ1n) is 21.6. The molecule has 4 aliphatic heterocycles. The van der Waals surface area contributed by atoms with Gasteiger partial charge in [0.15, 0.2) is 5.78 Å². The number of anilines is 1. The van der Waals surface area contributed by atoms with Gasteiger partial charge >= 0.3 is 11.8 Å². The molecule has 0 aromatic heterocycles. The zero-order valence-electron chi connectivity index (χ0n) is 37.5. The maximum atomic E-state index is 14.9. The van der Waals surface area contributed by atoms with Gasteiger partial charge in [-0.25, -0.2) is 0 Å². The summed E-state index contributed by atoms with van der Waals surface area (Å²) in [5.41, 5.74) is 5.07. The third-order valence-corrected chi connectivity index (χ3v) is 13.1. The van der Waals surface area contributed by atoms with Crippen molar-refractivity contribution in [3.05, 3.63) is 94.1 Å². The van der Waals surface area contributed by atoms with Crippen molar-refractivity contribution >= 4 is 34.0 Å². The highest BCUT2D eigenvalue weighted by molar-refractivity contribution is 6.21. The molecule has 9 unspecified atom stereocenters. The monoisotopic (exact) mass is 837 g/mol. The number of phenols is 2. The van der Waals surface area contributed by atoms with Gasteiger partial charge in [0.25, 0.3) is 5.78 Å². The Labute approximate surface area is 360 Å². The van der Waals surface area contributed by atoms with Crippen molar-refractivity contribution in [2.24, 2.45) is 23.7 Å². The fraction of sp³-hybridized carbons (Fsp3) is 0.500. The predicted octanol–water partition coefficient (Wildman–Crippen LogP) is 9.70. The first-order valence-corrected chi connectivity index (χ1v) is 21.6. The highest BCUT2D eigenvalue weighted by Gasteiger charge is 2.50. The Morgan fingerprint density at radius 2 is 1.70 bits per heavy atom. The number of hydrogen-bond donors (Lipinski definition) is 3. The number of aliphatic hydroxyl groups is 1. The van der Waals surface area contributed by atoms with Crippen molar-refractivity contribution in [2.75, 3.05) is 12.0 Å². The molecule has 0 aliphatic carbocycles. The first-order chi connectivity index (χ1) is 28.8. The van der Waals surface area contributed by atoms with E-state index in [-0.39, 0.29) is 75.6 Å². The molecule has 0 saturated heterocycles. The lowest BCUT2D eigenvalue weighted by Crippen LogP contribution is -2.40. The summed E-state index contributed by atoms with van der Waals surface area (Å²) in [6, 6.07) is 0. The molecular formula is C50H63NO10. The van der Waals surface area contributed by atoms with Gasteiger partial charge in [0.2, 0.25) is 0 Å².